The molecule has 4 aromatic rings. The van der Waals surface area contributed by atoms with E-state index in [9.17, 15) is 4.79 Å². The van der Waals surface area contributed by atoms with Gasteiger partial charge >= 0.3 is 0 Å². The maximum atomic E-state index is 12.8. The molecule has 0 aliphatic carbocycles. The molecule has 6 heteroatoms. The lowest BCUT2D eigenvalue weighted by Gasteiger charge is -2.07. The molecule has 0 saturated heterocycles. The second-order valence-corrected chi connectivity index (χ2v) is 8.04. The third-order valence-corrected chi connectivity index (χ3v) is 5.78. The highest BCUT2D eigenvalue weighted by Crippen LogP contribution is 2.31. The van der Waals surface area contributed by atoms with Crippen LogP contribution in [0.2, 0.25) is 5.02 Å². The third kappa shape index (κ3) is 4.53. The van der Waals surface area contributed by atoms with Crippen molar-refractivity contribution < 1.29 is 4.79 Å². The average Bonchev–Trinajstić information content (AvgIpc) is 3.22. The summed E-state index contributed by atoms with van der Waals surface area (Å²) in [6.07, 6.45) is 3.48. The summed E-state index contributed by atoms with van der Waals surface area (Å²) in [5, 5.41) is 1.31. The average molecular weight is 420 g/mol. The van der Waals surface area contributed by atoms with E-state index in [4.69, 9.17) is 11.6 Å². The van der Waals surface area contributed by atoms with E-state index in [1.165, 1.54) is 16.9 Å². The third-order valence-electron chi connectivity index (χ3n) is 4.43. The van der Waals surface area contributed by atoms with Crippen LogP contribution in [0.3, 0.4) is 0 Å². The highest BCUT2D eigenvalue weighted by Gasteiger charge is 2.13. The number of rotatable bonds is 4. The first-order chi connectivity index (χ1) is 14.1. The molecule has 0 radical (unpaired) electrons. The van der Waals surface area contributed by atoms with Gasteiger partial charge in [-0.2, -0.15) is 4.99 Å². The Labute approximate surface area is 177 Å². The van der Waals surface area contributed by atoms with E-state index in [1.54, 1.807) is 6.20 Å². The zero-order valence-electron chi connectivity index (χ0n) is 15.7. The summed E-state index contributed by atoms with van der Waals surface area (Å²) in [4.78, 5) is 21.9. The largest absolute Gasteiger partial charge is 0.328 e. The number of halogens is 1. The van der Waals surface area contributed by atoms with Crippen LogP contribution in [-0.4, -0.2) is 15.5 Å². The highest BCUT2D eigenvalue weighted by atomic mass is 35.5. The van der Waals surface area contributed by atoms with Gasteiger partial charge < -0.3 is 4.57 Å². The topological polar surface area (TPSA) is 47.2 Å². The van der Waals surface area contributed by atoms with Crippen LogP contribution in [0.25, 0.3) is 10.6 Å². The van der Waals surface area contributed by atoms with Crippen molar-refractivity contribution in [3.05, 3.63) is 106 Å². The van der Waals surface area contributed by atoms with Gasteiger partial charge in [0.1, 0.15) is 15.4 Å². The minimum Gasteiger partial charge on any atom is -0.328 e. The molecule has 0 fully saturated rings. The molecule has 0 unspecified atom stereocenters. The van der Waals surface area contributed by atoms with Gasteiger partial charge in [-0.25, -0.2) is 4.98 Å². The first kappa shape index (κ1) is 19.3. The molecular formula is C23H18ClN3OS. The molecule has 2 aromatic heterocycles. The Morgan fingerprint density at radius 3 is 2.62 bits per heavy atom. The lowest BCUT2D eigenvalue weighted by Crippen LogP contribution is -2.22. The fraction of sp³-hybridized carbons (Fsp3) is 0.0870. The maximum Gasteiger partial charge on any atom is 0.290 e. The molecule has 29 heavy (non-hydrogen) atoms. The van der Waals surface area contributed by atoms with Crippen molar-refractivity contribution in [2.75, 3.05) is 0 Å². The molecular weight excluding hydrogens is 402 g/mol. The summed E-state index contributed by atoms with van der Waals surface area (Å²) < 4.78 is 1.96. The molecule has 2 heterocycles. The summed E-state index contributed by atoms with van der Waals surface area (Å²) in [5.74, 6) is -0.315. The zero-order valence-corrected chi connectivity index (χ0v) is 17.3. The van der Waals surface area contributed by atoms with Crippen molar-refractivity contribution in [1.29, 1.82) is 0 Å². The minimum atomic E-state index is -0.315. The number of benzene rings is 2. The molecule has 144 valence electrons. The van der Waals surface area contributed by atoms with Gasteiger partial charge in [0.15, 0.2) is 0 Å². The van der Waals surface area contributed by atoms with Crippen molar-refractivity contribution in [2.24, 2.45) is 4.99 Å². The van der Waals surface area contributed by atoms with Crippen molar-refractivity contribution in [1.82, 2.24) is 9.55 Å². The number of pyridine rings is 1. The fourth-order valence-corrected chi connectivity index (χ4v) is 4.01. The van der Waals surface area contributed by atoms with E-state index in [2.05, 4.69) is 41.2 Å². The zero-order chi connectivity index (χ0) is 20.2. The molecule has 0 N–H and O–H groups in total. The van der Waals surface area contributed by atoms with E-state index in [-0.39, 0.29) is 5.91 Å². The summed E-state index contributed by atoms with van der Waals surface area (Å²) >= 11 is 7.53. The normalized spacial score (nSPS) is 11.6. The number of nitrogens with zero attached hydrogens (tertiary/aromatic N) is 3. The monoisotopic (exact) mass is 419 g/mol. The Morgan fingerprint density at radius 2 is 1.83 bits per heavy atom. The van der Waals surface area contributed by atoms with E-state index >= 15 is 0 Å². The summed E-state index contributed by atoms with van der Waals surface area (Å²) in [6.45, 7) is 2.70. The van der Waals surface area contributed by atoms with Gasteiger partial charge in [0.2, 0.25) is 0 Å². The number of carbonyl (C=O) groups excluding carboxylic acids is 1. The van der Waals surface area contributed by atoms with E-state index in [1.807, 2.05) is 53.2 Å². The number of aryl methyl sites for hydroxylation is 1. The Morgan fingerprint density at radius 1 is 1.07 bits per heavy atom. The summed E-state index contributed by atoms with van der Waals surface area (Å²) in [7, 11) is 0. The molecule has 4 nitrogen and oxygen atoms in total. The van der Waals surface area contributed by atoms with Gasteiger partial charge in [0, 0.05) is 18.3 Å². The van der Waals surface area contributed by atoms with Crippen molar-refractivity contribution >= 4 is 28.8 Å². The summed E-state index contributed by atoms with van der Waals surface area (Å²) in [5.41, 5.74) is 3.78. The molecule has 1 amide bonds. The second-order valence-electron chi connectivity index (χ2n) is 6.60. The number of thiazole rings is 1. The number of hydrogen-bond donors (Lipinski definition) is 0. The Kier molecular flexibility index (Phi) is 5.69. The van der Waals surface area contributed by atoms with Crippen LogP contribution >= 0.6 is 22.9 Å². The smallest absolute Gasteiger partial charge is 0.290 e. The molecule has 4 rings (SSSR count). The molecule has 0 saturated carbocycles. The second kappa shape index (κ2) is 8.55. The van der Waals surface area contributed by atoms with Crippen LogP contribution in [0, 0.1) is 6.92 Å². The van der Waals surface area contributed by atoms with Gasteiger partial charge in [-0.1, -0.05) is 65.7 Å². The first-order valence-electron chi connectivity index (χ1n) is 9.11. The van der Waals surface area contributed by atoms with Crippen molar-refractivity contribution in [2.45, 2.75) is 13.5 Å². The Hall–Kier alpha value is -3.02. The number of aromatic nitrogens is 2. The highest BCUT2D eigenvalue weighted by molar-refractivity contribution is 7.17. The minimum absolute atomic E-state index is 0.315. The molecule has 0 aliphatic heterocycles. The number of hydrogen-bond acceptors (Lipinski definition) is 3. The van der Waals surface area contributed by atoms with Crippen LogP contribution < -0.4 is 5.49 Å². The lowest BCUT2D eigenvalue weighted by molar-refractivity contribution is 0.100. The molecule has 2 aromatic carbocycles. The Balaban J connectivity index is 1.63. The van der Waals surface area contributed by atoms with Crippen LogP contribution in [0.15, 0.2) is 84.1 Å². The predicted octanol–water partition coefficient (Wildman–Crippen LogP) is 5.36. The van der Waals surface area contributed by atoms with Gasteiger partial charge in [0.25, 0.3) is 5.91 Å². The maximum absolute atomic E-state index is 12.8. The van der Waals surface area contributed by atoms with Gasteiger partial charge in [-0.15, -0.1) is 11.3 Å². The predicted molar refractivity (Wildman–Crippen MR) is 117 cm³/mol. The summed E-state index contributed by atoms with van der Waals surface area (Å²) in [6, 6.07) is 21.4. The SMILES string of the molecule is Cc1ccc(Cn2ccccc2=NC(=O)c2cnc(-c3ccccc3Cl)s2)cc1. The lowest BCUT2D eigenvalue weighted by atomic mass is 10.1. The van der Waals surface area contributed by atoms with Crippen LogP contribution in [0.5, 0.6) is 0 Å². The van der Waals surface area contributed by atoms with Crippen molar-refractivity contribution in [3.8, 4) is 10.6 Å². The number of carbonyl (C=O) groups is 1. The van der Waals surface area contributed by atoms with Gasteiger partial charge in [-0.3, -0.25) is 4.79 Å². The Bertz CT molecular complexity index is 1230. The number of amides is 1. The van der Waals surface area contributed by atoms with Crippen LogP contribution in [0.4, 0.5) is 0 Å². The molecule has 0 spiro atoms. The first-order valence-corrected chi connectivity index (χ1v) is 10.3. The van der Waals surface area contributed by atoms with Crippen LogP contribution in [0.1, 0.15) is 20.8 Å². The van der Waals surface area contributed by atoms with Crippen molar-refractivity contribution in [3.63, 3.8) is 0 Å². The van der Waals surface area contributed by atoms with Gasteiger partial charge in [0.05, 0.1) is 11.2 Å². The quantitative estimate of drug-likeness (QED) is 0.447. The van der Waals surface area contributed by atoms with E-state index < -0.39 is 0 Å². The van der Waals surface area contributed by atoms with Crippen LogP contribution in [-0.2, 0) is 6.54 Å². The van der Waals surface area contributed by atoms with Gasteiger partial charge in [-0.05, 0) is 30.7 Å². The standard InChI is InChI=1S/C23H18ClN3OS/c1-16-9-11-17(12-10-16)15-27-13-5-4-8-21(27)26-22(28)20-14-25-23(29-20)18-6-2-3-7-19(18)24/h2-14H,15H2,1H3. The fourth-order valence-electron chi connectivity index (χ4n) is 2.88. The molecule has 0 aliphatic rings. The molecule has 0 bridgehead atoms. The van der Waals surface area contributed by atoms with E-state index in [0.29, 0.717) is 26.9 Å². The molecule has 0 atom stereocenters. The van der Waals surface area contributed by atoms with E-state index in [0.717, 1.165) is 11.1 Å².